The fourth-order valence-electron chi connectivity index (χ4n) is 2.96. The first-order valence-electron chi connectivity index (χ1n) is 9.06. The number of rotatable bonds is 5. The van der Waals surface area contributed by atoms with Gasteiger partial charge < -0.3 is 21.3 Å². The van der Waals surface area contributed by atoms with Crippen LogP contribution in [0.15, 0.2) is 72.8 Å². The smallest absolute Gasteiger partial charge is 0.251 e. The highest BCUT2D eigenvalue weighted by Gasteiger charge is 2.31. The van der Waals surface area contributed by atoms with Crippen molar-refractivity contribution >= 4 is 11.6 Å². The summed E-state index contributed by atoms with van der Waals surface area (Å²) in [4.78, 5) is 12.6. The van der Waals surface area contributed by atoms with Crippen molar-refractivity contribution in [2.45, 2.75) is 25.5 Å². The van der Waals surface area contributed by atoms with Gasteiger partial charge in [0.05, 0.1) is 6.04 Å². The Bertz CT molecular complexity index is 947. The number of benzene rings is 3. The fraction of sp³-hybridized carbons (Fsp3) is 0.174. The number of phenolic OH excluding ortho intramolecular Hbond substituents is 1. The Labute approximate surface area is 164 Å². The summed E-state index contributed by atoms with van der Waals surface area (Å²) in [6.07, 6.45) is 0. The third-order valence-corrected chi connectivity index (χ3v) is 5.03. The maximum atomic E-state index is 12.6. The van der Waals surface area contributed by atoms with Gasteiger partial charge in [-0.05, 0) is 66.9 Å². The van der Waals surface area contributed by atoms with Crippen LogP contribution in [0.5, 0.6) is 5.75 Å². The van der Waals surface area contributed by atoms with Crippen LogP contribution in [0.25, 0.3) is 11.1 Å². The largest absolute Gasteiger partial charge is 0.508 e. The molecule has 5 nitrogen and oxygen atoms in total. The molecular weight excluding hydrogens is 352 g/mol. The van der Waals surface area contributed by atoms with Gasteiger partial charge >= 0.3 is 0 Å². The van der Waals surface area contributed by atoms with Crippen molar-refractivity contribution in [1.29, 1.82) is 0 Å². The minimum Gasteiger partial charge on any atom is -0.508 e. The van der Waals surface area contributed by atoms with Crippen LogP contribution in [0.1, 0.15) is 29.8 Å². The van der Waals surface area contributed by atoms with Crippen molar-refractivity contribution in [2.75, 3.05) is 5.73 Å². The summed E-state index contributed by atoms with van der Waals surface area (Å²) in [6.45, 7) is 3.38. The molecule has 0 aliphatic rings. The quantitative estimate of drug-likeness (QED) is 0.511. The van der Waals surface area contributed by atoms with Crippen molar-refractivity contribution in [1.82, 2.24) is 5.32 Å². The van der Waals surface area contributed by atoms with Gasteiger partial charge in [0.25, 0.3) is 5.91 Å². The number of anilines is 1. The lowest BCUT2D eigenvalue weighted by atomic mass is 9.89. The molecule has 0 radical (unpaired) electrons. The molecule has 3 rings (SSSR count). The van der Waals surface area contributed by atoms with Crippen LogP contribution < -0.4 is 11.1 Å². The van der Waals surface area contributed by atoms with Crippen molar-refractivity contribution in [2.24, 2.45) is 0 Å². The monoisotopic (exact) mass is 376 g/mol. The zero-order valence-electron chi connectivity index (χ0n) is 15.9. The summed E-state index contributed by atoms with van der Waals surface area (Å²) in [6, 6.07) is 20.6. The summed E-state index contributed by atoms with van der Waals surface area (Å²) < 4.78 is 0. The number of phenols is 1. The standard InChI is InChI=1S/C23H24N2O3/c1-15(23(2,28)19-9-13-21(26)14-10-19)25-22(27)18-5-3-16(4-6-18)17-7-11-20(24)12-8-17/h3-15,26,28H,24H2,1-2H3,(H,25,27)/t15-,23+/m1/s1. The van der Waals surface area contributed by atoms with Gasteiger partial charge in [0.2, 0.25) is 0 Å². The number of nitrogens with two attached hydrogens (primary N) is 1. The second-order valence-corrected chi connectivity index (χ2v) is 7.09. The van der Waals surface area contributed by atoms with E-state index in [9.17, 15) is 15.0 Å². The van der Waals surface area contributed by atoms with E-state index in [0.717, 1.165) is 11.1 Å². The lowest BCUT2D eigenvalue weighted by molar-refractivity contribution is 0.0208. The first-order valence-corrected chi connectivity index (χ1v) is 9.06. The Balaban J connectivity index is 1.71. The zero-order chi connectivity index (χ0) is 20.3. The van der Waals surface area contributed by atoms with Gasteiger partial charge in [0.1, 0.15) is 11.4 Å². The van der Waals surface area contributed by atoms with Crippen LogP contribution in [0.2, 0.25) is 0 Å². The van der Waals surface area contributed by atoms with E-state index in [0.29, 0.717) is 16.8 Å². The predicted octanol–water partition coefficient (Wildman–Crippen LogP) is 3.67. The summed E-state index contributed by atoms with van der Waals surface area (Å²) in [5.74, 6) is -0.146. The number of nitrogen functional groups attached to an aromatic ring is 1. The third-order valence-electron chi connectivity index (χ3n) is 5.03. The average Bonchev–Trinajstić information content (AvgIpc) is 2.69. The summed E-state index contributed by atoms with van der Waals surface area (Å²) in [5.41, 5.74) is 8.25. The van der Waals surface area contributed by atoms with Crippen LogP contribution in [-0.4, -0.2) is 22.2 Å². The molecule has 5 N–H and O–H groups in total. The van der Waals surface area contributed by atoms with Gasteiger partial charge in [-0.1, -0.05) is 36.4 Å². The molecular formula is C23H24N2O3. The Morgan fingerprint density at radius 3 is 1.96 bits per heavy atom. The molecule has 0 saturated carbocycles. The molecule has 0 aromatic heterocycles. The lowest BCUT2D eigenvalue weighted by Crippen LogP contribution is -2.47. The summed E-state index contributed by atoms with van der Waals surface area (Å²) in [5, 5.41) is 23.1. The van der Waals surface area contributed by atoms with Gasteiger partial charge in [-0.3, -0.25) is 4.79 Å². The summed E-state index contributed by atoms with van der Waals surface area (Å²) >= 11 is 0. The first-order chi connectivity index (χ1) is 13.3. The molecule has 0 saturated heterocycles. The maximum absolute atomic E-state index is 12.6. The molecule has 0 heterocycles. The third kappa shape index (κ3) is 4.15. The van der Waals surface area contributed by atoms with Crippen molar-refractivity contribution < 1.29 is 15.0 Å². The van der Waals surface area contributed by atoms with Crippen LogP contribution in [-0.2, 0) is 5.60 Å². The normalized spacial score (nSPS) is 14.1. The minimum absolute atomic E-state index is 0.123. The highest BCUT2D eigenvalue weighted by atomic mass is 16.3. The zero-order valence-corrected chi connectivity index (χ0v) is 15.9. The van der Waals surface area contributed by atoms with Gasteiger partial charge in [-0.15, -0.1) is 0 Å². The molecule has 0 bridgehead atoms. The second-order valence-electron chi connectivity index (χ2n) is 7.09. The van der Waals surface area contributed by atoms with Crippen LogP contribution in [0.4, 0.5) is 5.69 Å². The average molecular weight is 376 g/mol. The van der Waals surface area contributed by atoms with E-state index in [1.807, 2.05) is 36.4 Å². The van der Waals surface area contributed by atoms with Crippen molar-refractivity contribution in [3.63, 3.8) is 0 Å². The fourth-order valence-corrected chi connectivity index (χ4v) is 2.96. The van der Waals surface area contributed by atoms with Gasteiger partial charge in [-0.2, -0.15) is 0 Å². The van der Waals surface area contributed by atoms with E-state index in [2.05, 4.69) is 5.32 Å². The van der Waals surface area contributed by atoms with Crippen LogP contribution in [0.3, 0.4) is 0 Å². The SMILES string of the molecule is C[C@@H](NC(=O)c1ccc(-c2ccc(N)cc2)cc1)[C@](C)(O)c1ccc(O)cc1. The molecule has 3 aromatic carbocycles. The molecule has 0 fully saturated rings. The van der Waals surface area contributed by atoms with Gasteiger partial charge in [-0.25, -0.2) is 0 Å². The maximum Gasteiger partial charge on any atom is 0.251 e. The Hall–Kier alpha value is -3.31. The number of amides is 1. The Morgan fingerprint density at radius 1 is 0.929 bits per heavy atom. The van der Waals surface area contributed by atoms with E-state index >= 15 is 0 Å². The Kier molecular flexibility index (Phi) is 5.38. The molecule has 28 heavy (non-hydrogen) atoms. The number of hydrogen-bond donors (Lipinski definition) is 4. The van der Waals surface area contributed by atoms with E-state index in [4.69, 9.17) is 5.73 Å². The van der Waals surface area contributed by atoms with Gasteiger partial charge in [0, 0.05) is 11.3 Å². The van der Waals surface area contributed by atoms with Crippen molar-refractivity contribution in [3.05, 3.63) is 83.9 Å². The number of carbonyl (C=O) groups is 1. The van der Waals surface area contributed by atoms with Crippen molar-refractivity contribution in [3.8, 4) is 16.9 Å². The molecule has 0 aliphatic heterocycles. The number of nitrogens with one attached hydrogen (secondary N) is 1. The Morgan fingerprint density at radius 2 is 1.43 bits per heavy atom. The van der Waals surface area contributed by atoms with E-state index in [1.165, 1.54) is 12.1 Å². The first kappa shape index (κ1) is 19.5. The highest BCUT2D eigenvalue weighted by Crippen LogP contribution is 2.26. The molecule has 3 aromatic rings. The van der Waals surface area contributed by atoms with E-state index in [1.54, 1.807) is 38.1 Å². The minimum atomic E-state index is -1.28. The molecule has 1 amide bonds. The number of hydrogen-bond acceptors (Lipinski definition) is 4. The van der Waals surface area contributed by atoms with E-state index in [-0.39, 0.29) is 11.7 Å². The van der Waals surface area contributed by atoms with Crippen LogP contribution in [0, 0.1) is 0 Å². The number of aromatic hydroxyl groups is 1. The molecule has 0 spiro atoms. The molecule has 5 heteroatoms. The summed E-state index contributed by atoms with van der Waals surface area (Å²) in [7, 11) is 0. The van der Waals surface area contributed by atoms with Crippen LogP contribution >= 0.6 is 0 Å². The molecule has 2 atom stereocenters. The number of carbonyl (C=O) groups excluding carboxylic acids is 1. The number of aliphatic hydroxyl groups is 1. The second kappa shape index (κ2) is 7.74. The molecule has 144 valence electrons. The van der Waals surface area contributed by atoms with Gasteiger partial charge in [0.15, 0.2) is 0 Å². The van der Waals surface area contributed by atoms with E-state index < -0.39 is 11.6 Å². The molecule has 0 aliphatic carbocycles. The lowest BCUT2D eigenvalue weighted by Gasteiger charge is -2.31. The topological polar surface area (TPSA) is 95.6 Å². The molecule has 0 unspecified atom stereocenters. The predicted molar refractivity (Wildman–Crippen MR) is 111 cm³/mol. The highest BCUT2D eigenvalue weighted by molar-refractivity contribution is 5.95.